The highest BCUT2D eigenvalue weighted by Gasteiger charge is 2.31. The number of aromatic nitrogens is 3. The predicted octanol–water partition coefficient (Wildman–Crippen LogP) is 2.10. The highest BCUT2D eigenvalue weighted by Crippen LogP contribution is 2.22. The van der Waals surface area contributed by atoms with Crippen LogP contribution in [0.1, 0.15) is 5.69 Å². The summed E-state index contributed by atoms with van der Waals surface area (Å²) >= 11 is 0. The first-order valence-corrected chi connectivity index (χ1v) is 7.33. The Bertz CT molecular complexity index is 868. The number of rotatable bonds is 4. The number of nitrogens with zero attached hydrogens (tertiary/aromatic N) is 4. The summed E-state index contributed by atoms with van der Waals surface area (Å²) in [5.41, 5.74) is 2.05. The van der Waals surface area contributed by atoms with Gasteiger partial charge in [-0.3, -0.25) is 19.9 Å². The summed E-state index contributed by atoms with van der Waals surface area (Å²) in [4.78, 5) is 17.6. The Balaban J connectivity index is 1.81. The second-order valence-corrected chi connectivity index (χ2v) is 5.52. The van der Waals surface area contributed by atoms with Crippen LogP contribution in [-0.4, -0.2) is 37.8 Å². The number of halogens is 1. The quantitative estimate of drug-likeness (QED) is 0.935. The molecule has 0 radical (unpaired) electrons. The normalized spacial score (nSPS) is 16.2. The van der Waals surface area contributed by atoms with Gasteiger partial charge in [-0.05, 0) is 6.07 Å². The molecule has 1 amide bonds. The Hall–Kier alpha value is -3.09. The Morgan fingerprint density at radius 2 is 2.21 bits per heavy atom. The lowest BCUT2D eigenvalue weighted by Crippen LogP contribution is -2.27. The van der Waals surface area contributed by atoms with Gasteiger partial charge in [0.15, 0.2) is 0 Å². The maximum atomic E-state index is 14.4. The molecule has 0 bridgehead atoms. The summed E-state index contributed by atoms with van der Waals surface area (Å²) in [6, 6.07) is 1.38. The van der Waals surface area contributed by atoms with Crippen molar-refractivity contribution in [2.24, 2.45) is 7.05 Å². The van der Waals surface area contributed by atoms with Crippen molar-refractivity contribution < 1.29 is 9.18 Å². The van der Waals surface area contributed by atoms with Crippen molar-refractivity contribution in [3.05, 3.63) is 60.5 Å². The van der Waals surface area contributed by atoms with Gasteiger partial charge in [-0.2, -0.15) is 5.10 Å². The minimum Gasteiger partial charge on any atom is -0.327 e. The fourth-order valence-electron chi connectivity index (χ4n) is 2.55. The van der Waals surface area contributed by atoms with E-state index in [0.29, 0.717) is 11.1 Å². The molecule has 24 heavy (non-hydrogen) atoms. The van der Waals surface area contributed by atoms with Crippen LogP contribution in [0.15, 0.2) is 49.0 Å². The number of likely N-dealkylation sites (tertiary alicyclic amines) is 1. The van der Waals surface area contributed by atoms with Gasteiger partial charge in [0.1, 0.15) is 11.5 Å². The first-order valence-electron chi connectivity index (χ1n) is 7.33. The van der Waals surface area contributed by atoms with E-state index in [2.05, 4.69) is 16.7 Å². The van der Waals surface area contributed by atoms with Gasteiger partial charge in [0.05, 0.1) is 18.4 Å². The maximum absolute atomic E-state index is 14.4. The monoisotopic (exact) mass is 325 g/mol. The largest absolute Gasteiger partial charge is 0.327 e. The van der Waals surface area contributed by atoms with Crippen LogP contribution in [0, 0.1) is 11.2 Å². The van der Waals surface area contributed by atoms with Crippen molar-refractivity contribution in [1.82, 2.24) is 19.7 Å². The number of hydrogen-bond acceptors (Lipinski definition) is 4. The lowest BCUT2D eigenvalue weighted by atomic mass is 10.1. The molecule has 1 fully saturated rings. The van der Waals surface area contributed by atoms with Crippen molar-refractivity contribution in [3.8, 4) is 11.1 Å². The molecule has 0 spiro atoms. The summed E-state index contributed by atoms with van der Waals surface area (Å²) in [5.74, 6) is -0.919. The maximum Gasteiger partial charge on any atom is 0.272 e. The molecule has 1 aliphatic rings. The number of allylic oxidation sites excluding steroid dienone is 2. The molecule has 2 aromatic heterocycles. The number of amides is 1. The van der Waals surface area contributed by atoms with E-state index in [1.807, 2.05) is 0 Å². The van der Waals surface area contributed by atoms with E-state index in [1.165, 1.54) is 17.0 Å². The van der Waals surface area contributed by atoms with Crippen LogP contribution in [0.3, 0.4) is 0 Å². The van der Waals surface area contributed by atoms with Gasteiger partial charge in [-0.15, -0.1) is 0 Å². The van der Waals surface area contributed by atoms with Gasteiger partial charge in [-0.1, -0.05) is 18.7 Å². The van der Waals surface area contributed by atoms with Crippen molar-refractivity contribution in [2.45, 2.75) is 6.54 Å². The first kappa shape index (κ1) is 15.8. The van der Waals surface area contributed by atoms with E-state index in [1.54, 1.807) is 36.4 Å². The van der Waals surface area contributed by atoms with Crippen LogP contribution in [0.5, 0.6) is 0 Å². The lowest BCUT2D eigenvalue weighted by Gasteiger charge is -2.14. The first-order chi connectivity index (χ1) is 11.5. The summed E-state index contributed by atoms with van der Waals surface area (Å²) < 4.78 is 16.0. The minimum atomic E-state index is -0.489. The third-order valence-corrected chi connectivity index (χ3v) is 3.80. The van der Waals surface area contributed by atoms with Crippen LogP contribution in [0.4, 0.5) is 4.39 Å². The molecular formula is C17H16FN5O. The van der Waals surface area contributed by atoms with Crippen molar-refractivity contribution in [3.63, 3.8) is 0 Å². The topological polar surface area (TPSA) is 74.9 Å². The second-order valence-electron chi connectivity index (χ2n) is 5.52. The highest BCUT2D eigenvalue weighted by atomic mass is 19.1. The van der Waals surface area contributed by atoms with E-state index in [-0.39, 0.29) is 24.5 Å². The zero-order valence-electron chi connectivity index (χ0n) is 13.2. The number of pyridine rings is 1. The smallest absolute Gasteiger partial charge is 0.272 e. The van der Waals surface area contributed by atoms with Gasteiger partial charge in [0, 0.05) is 42.7 Å². The zero-order chi connectivity index (χ0) is 17.3. The van der Waals surface area contributed by atoms with E-state index >= 15 is 0 Å². The van der Waals surface area contributed by atoms with Crippen LogP contribution < -0.4 is 0 Å². The Kier molecular flexibility index (Phi) is 4.07. The van der Waals surface area contributed by atoms with Crippen molar-refractivity contribution >= 4 is 11.6 Å². The van der Waals surface area contributed by atoms with E-state index < -0.39 is 11.7 Å². The molecule has 6 nitrogen and oxygen atoms in total. The average molecular weight is 325 g/mol. The molecule has 1 aliphatic heterocycles. The van der Waals surface area contributed by atoms with Gasteiger partial charge in [-0.25, -0.2) is 4.39 Å². The van der Waals surface area contributed by atoms with Crippen molar-refractivity contribution in [2.75, 3.05) is 6.54 Å². The lowest BCUT2D eigenvalue weighted by molar-refractivity contribution is -0.123. The van der Waals surface area contributed by atoms with Crippen LogP contribution >= 0.6 is 0 Å². The number of aryl methyl sites for hydroxylation is 1. The van der Waals surface area contributed by atoms with Crippen LogP contribution in [0.2, 0.25) is 0 Å². The third kappa shape index (κ3) is 2.88. The minimum absolute atomic E-state index is 0.0227. The molecule has 0 aliphatic carbocycles. The van der Waals surface area contributed by atoms with Gasteiger partial charge in [0.2, 0.25) is 0 Å². The molecule has 1 saturated heterocycles. The predicted molar refractivity (Wildman–Crippen MR) is 87.8 cm³/mol. The van der Waals surface area contributed by atoms with E-state index in [0.717, 1.165) is 5.56 Å². The molecule has 0 saturated carbocycles. The molecule has 2 aromatic rings. The molecule has 3 rings (SSSR count). The number of carbonyl (C=O) groups excluding carboxylic acids is 1. The molecule has 1 N–H and O–H groups in total. The molecule has 7 heteroatoms. The van der Waals surface area contributed by atoms with Crippen LogP contribution in [0.25, 0.3) is 11.1 Å². The summed E-state index contributed by atoms with van der Waals surface area (Å²) in [6.07, 6.45) is 8.11. The third-order valence-electron chi connectivity index (χ3n) is 3.80. The molecule has 0 atom stereocenters. The summed E-state index contributed by atoms with van der Waals surface area (Å²) in [5, 5.41) is 11.8. The van der Waals surface area contributed by atoms with Gasteiger partial charge >= 0.3 is 0 Å². The fraction of sp³-hybridized carbons (Fsp3) is 0.176. The van der Waals surface area contributed by atoms with E-state index in [4.69, 9.17) is 5.41 Å². The molecule has 0 unspecified atom stereocenters. The highest BCUT2D eigenvalue weighted by molar-refractivity contribution is 6.46. The second kappa shape index (κ2) is 6.19. The Morgan fingerprint density at radius 3 is 2.83 bits per heavy atom. The number of nitrogens with one attached hydrogen (secondary N) is 1. The molecular weight excluding hydrogens is 309 g/mol. The van der Waals surface area contributed by atoms with Gasteiger partial charge < -0.3 is 4.90 Å². The van der Waals surface area contributed by atoms with Crippen LogP contribution in [-0.2, 0) is 18.4 Å². The summed E-state index contributed by atoms with van der Waals surface area (Å²) in [7, 11) is 1.78. The summed E-state index contributed by atoms with van der Waals surface area (Å²) in [6.45, 7) is 3.85. The number of hydrogen-bond donors (Lipinski definition) is 1. The number of carbonyl (C=O) groups is 1. The SMILES string of the molecule is C=C/C=C1/CN(Cc2ncc(-c3cnn(C)c3)cc2F)C(=O)C1=N. The molecule has 0 aromatic carbocycles. The standard InChI is InChI=1S/C17H16FN5O/c1-3-4-11-9-23(17(24)16(11)19)10-15-14(18)5-12(6-20-15)13-7-21-22(2)8-13/h3-8,19H,1,9-10H2,2H3/b11-4-,19-16?. The Labute approximate surface area is 138 Å². The Morgan fingerprint density at radius 1 is 1.42 bits per heavy atom. The fourth-order valence-corrected chi connectivity index (χ4v) is 2.55. The average Bonchev–Trinajstić information content (AvgIpc) is 3.09. The zero-order valence-corrected chi connectivity index (χ0v) is 13.2. The molecule has 3 heterocycles. The van der Waals surface area contributed by atoms with E-state index in [9.17, 15) is 9.18 Å². The molecule has 122 valence electrons. The van der Waals surface area contributed by atoms with Gasteiger partial charge in [0.25, 0.3) is 5.91 Å². The van der Waals surface area contributed by atoms with Crippen molar-refractivity contribution in [1.29, 1.82) is 5.41 Å².